The normalized spacial score (nSPS) is 19.5. The molecule has 1 saturated heterocycles. The number of carbonyl (C=O) groups excluding carboxylic acids is 2. The number of amides is 1. The number of thiophene rings is 1. The summed E-state index contributed by atoms with van der Waals surface area (Å²) in [5.41, 5.74) is 1.19. The molecule has 1 unspecified atom stereocenters. The zero-order valence-corrected chi connectivity index (χ0v) is 15.1. The van der Waals surface area contributed by atoms with Crippen molar-refractivity contribution in [2.45, 2.75) is 33.6 Å². The fourth-order valence-electron chi connectivity index (χ4n) is 2.64. The number of nitrogens with one attached hydrogen (secondary N) is 1. The molecular formula is C15H21NO5S2. The van der Waals surface area contributed by atoms with E-state index in [0.29, 0.717) is 17.0 Å². The van der Waals surface area contributed by atoms with Gasteiger partial charge in [-0.2, -0.15) is 0 Å². The SMILES string of the molecule is CCOC(=O)c1c(NC(=O)CC2CCS(=O)(=O)C2)sc(C)c1C. The van der Waals surface area contributed by atoms with Crippen LogP contribution < -0.4 is 5.32 Å². The second kappa shape index (κ2) is 7.00. The Hall–Kier alpha value is -1.41. The number of hydrogen-bond donors (Lipinski definition) is 1. The van der Waals surface area contributed by atoms with Gasteiger partial charge in [0.2, 0.25) is 5.91 Å². The first-order chi connectivity index (χ1) is 10.7. The lowest BCUT2D eigenvalue weighted by Gasteiger charge is -2.09. The monoisotopic (exact) mass is 359 g/mol. The van der Waals surface area contributed by atoms with E-state index in [1.165, 1.54) is 11.3 Å². The number of anilines is 1. The summed E-state index contributed by atoms with van der Waals surface area (Å²) in [5.74, 6) is -0.649. The second-order valence-corrected chi connectivity index (χ2v) is 9.18. The number of aryl methyl sites for hydroxylation is 1. The average molecular weight is 359 g/mol. The molecule has 0 aliphatic carbocycles. The van der Waals surface area contributed by atoms with Gasteiger partial charge >= 0.3 is 5.97 Å². The maximum atomic E-state index is 12.2. The van der Waals surface area contributed by atoms with E-state index in [4.69, 9.17) is 4.74 Å². The molecule has 128 valence electrons. The van der Waals surface area contributed by atoms with E-state index < -0.39 is 15.8 Å². The molecule has 0 saturated carbocycles. The summed E-state index contributed by atoms with van der Waals surface area (Å²) in [6.07, 6.45) is 0.667. The molecule has 0 bridgehead atoms. The number of sulfone groups is 1. The first-order valence-electron chi connectivity index (χ1n) is 7.51. The molecule has 0 radical (unpaired) electrons. The molecule has 2 rings (SSSR count). The topological polar surface area (TPSA) is 89.5 Å². The lowest BCUT2D eigenvalue weighted by molar-refractivity contribution is -0.116. The number of hydrogen-bond acceptors (Lipinski definition) is 6. The summed E-state index contributed by atoms with van der Waals surface area (Å²) in [6.45, 7) is 5.69. The van der Waals surface area contributed by atoms with Gasteiger partial charge in [0.25, 0.3) is 0 Å². The maximum absolute atomic E-state index is 12.2. The Bertz CT molecular complexity index is 720. The van der Waals surface area contributed by atoms with Gasteiger partial charge in [0.1, 0.15) is 5.00 Å². The lowest BCUT2D eigenvalue weighted by atomic mass is 10.1. The summed E-state index contributed by atoms with van der Waals surface area (Å²) in [5, 5.41) is 3.23. The van der Waals surface area contributed by atoms with Crippen molar-refractivity contribution in [3.8, 4) is 0 Å². The van der Waals surface area contributed by atoms with Crippen molar-refractivity contribution in [3.63, 3.8) is 0 Å². The molecule has 1 fully saturated rings. The molecule has 1 aromatic heterocycles. The van der Waals surface area contributed by atoms with Crippen molar-refractivity contribution in [1.82, 2.24) is 0 Å². The van der Waals surface area contributed by atoms with Crippen molar-refractivity contribution in [2.75, 3.05) is 23.4 Å². The van der Waals surface area contributed by atoms with Crippen molar-refractivity contribution < 1.29 is 22.7 Å². The Kier molecular flexibility index (Phi) is 5.46. The van der Waals surface area contributed by atoms with Crippen LogP contribution in [0.25, 0.3) is 0 Å². The van der Waals surface area contributed by atoms with Gasteiger partial charge in [-0.3, -0.25) is 4.79 Å². The van der Waals surface area contributed by atoms with Crippen LogP contribution in [0.2, 0.25) is 0 Å². The highest BCUT2D eigenvalue weighted by Gasteiger charge is 2.30. The molecule has 1 aliphatic heterocycles. The Morgan fingerprint density at radius 1 is 1.35 bits per heavy atom. The third-order valence-electron chi connectivity index (χ3n) is 3.92. The van der Waals surface area contributed by atoms with E-state index in [-0.39, 0.29) is 36.4 Å². The molecular weight excluding hydrogens is 338 g/mol. The van der Waals surface area contributed by atoms with Crippen molar-refractivity contribution in [2.24, 2.45) is 5.92 Å². The summed E-state index contributed by atoms with van der Waals surface area (Å²) >= 11 is 1.33. The van der Waals surface area contributed by atoms with Gasteiger partial charge < -0.3 is 10.1 Å². The van der Waals surface area contributed by atoms with Crippen LogP contribution in [0.1, 0.15) is 40.6 Å². The third kappa shape index (κ3) is 4.32. The molecule has 1 atom stereocenters. The van der Waals surface area contributed by atoms with Gasteiger partial charge in [0, 0.05) is 11.3 Å². The van der Waals surface area contributed by atoms with E-state index in [1.54, 1.807) is 6.92 Å². The first kappa shape index (κ1) is 17.9. The highest BCUT2D eigenvalue weighted by Crippen LogP contribution is 2.33. The molecule has 0 spiro atoms. The van der Waals surface area contributed by atoms with Gasteiger partial charge in [0.05, 0.1) is 23.7 Å². The van der Waals surface area contributed by atoms with Crippen molar-refractivity contribution >= 4 is 38.1 Å². The zero-order chi connectivity index (χ0) is 17.2. The van der Waals surface area contributed by atoms with E-state index in [9.17, 15) is 18.0 Å². The minimum atomic E-state index is -3.00. The predicted molar refractivity (Wildman–Crippen MR) is 89.8 cm³/mol. The molecule has 23 heavy (non-hydrogen) atoms. The molecule has 1 aromatic rings. The van der Waals surface area contributed by atoms with Crippen molar-refractivity contribution in [3.05, 3.63) is 16.0 Å². The number of ether oxygens (including phenoxy) is 1. The van der Waals surface area contributed by atoms with Gasteiger partial charge in [-0.15, -0.1) is 11.3 Å². The van der Waals surface area contributed by atoms with Crippen LogP contribution in [0.3, 0.4) is 0 Å². The van der Waals surface area contributed by atoms with E-state index in [2.05, 4.69) is 5.32 Å². The molecule has 2 heterocycles. The highest BCUT2D eigenvalue weighted by molar-refractivity contribution is 7.91. The average Bonchev–Trinajstić information content (AvgIpc) is 2.90. The minimum Gasteiger partial charge on any atom is -0.462 e. The Labute approximate surface area is 140 Å². The smallest absolute Gasteiger partial charge is 0.341 e. The van der Waals surface area contributed by atoms with Crippen LogP contribution in [0.4, 0.5) is 5.00 Å². The number of esters is 1. The van der Waals surface area contributed by atoms with E-state index in [1.807, 2.05) is 13.8 Å². The predicted octanol–water partition coefficient (Wildman–Crippen LogP) is 2.30. The second-order valence-electron chi connectivity index (χ2n) is 5.73. The summed E-state index contributed by atoms with van der Waals surface area (Å²) in [7, 11) is -3.00. The van der Waals surface area contributed by atoms with Crippen LogP contribution >= 0.6 is 11.3 Å². The fourth-order valence-corrected chi connectivity index (χ4v) is 5.56. The zero-order valence-electron chi connectivity index (χ0n) is 13.5. The molecule has 1 amide bonds. The van der Waals surface area contributed by atoms with Crippen LogP contribution in [0, 0.1) is 19.8 Å². The van der Waals surface area contributed by atoms with Crippen molar-refractivity contribution in [1.29, 1.82) is 0 Å². The molecule has 1 aliphatic rings. The molecule has 8 heteroatoms. The van der Waals surface area contributed by atoms with Gasteiger partial charge in [-0.05, 0) is 38.7 Å². The quantitative estimate of drug-likeness (QED) is 0.815. The minimum absolute atomic E-state index is 0.0631. The Balaban J connectivity index is 2.09. The van der Waals surface area contributed by atoms with E-state index >= 15 is 0 Å². The maximum Gasteiger partial charge on any atom is 0.341 e. The van der Waals surface area contributed by atoms with Crippen LogP contribution in [-0.4, -0.2) is 38.4 Å². The lowest BCUT2D eigenvalue weighted by Crippen LogP contribution is -2.18. The third-order valence-corrected chi connectivity index (χ3v) is 6.88. The Morgan fingerprint density at radius 3 is 2.61 bits per heavy atom. The van der Waals surface area contributed by atoms with Gasteiger partial charge in [-0.25, -0.2) is 13.2 Å². The standard InChI is InChI=1S/C15H21NO5S2/c1-4-21-15(18)13-9(2)10(3)22-14(13)16-12(17)7-11-5-6-23(19,20)8-11/h11H,4-8H2,1-3H3,(H,16,17). The first-order valence-corrected chi connectivity index (χ1v) is 10.1. The van der Waals surface area contributed by atoms with E-state index in [0.717, 1.165) is 10.4 Å². The summed E-state index contributed by atoms with van der Waals surface area (Å²) in [6, 6.07) is 0. The Morgan fingerprint density at radius 2 is 2.04 bits per heavy atom. The van der Waals surface area contributed by atoms with Crippen LogP contribution in [0.5, 0.6) is 0 Å². The number of rotatable bonds is 5. The summed E-state index contributed by atoms with van der Waals surface area (Å²) in [4.78, 5) is 25.2. The number of carbonyl (C=O) groups is 2. The van der Waals surface area contributed by atoms with Gasteiger partial charge in [-0.1, -0.05) is 0 Å². The highest BCUT2D eigenvalue weighted by atomic mass is 32.2. The largest absolute Gasteiger partial charge is 0.462 e. The molecule has 6 nitrogen and oxygen atoms in total. The fraction of sp³-hybridized carbons (Fsp3) is 0.600. The molecule has 1 N–H and O–H groups in total. The molecule has 0 aromatic carbocycles. The summed E-state index contributed by atoms with van der Waals surface area (Å²) < 4.78 is 27.9. The van der Waals surface area contributed by atoms with Crippen LogP contribution in [0.15, 0.2) is 0 Å². The van der Waals surface area contributed by atoms with Crippen LogP contribution in [-0.2, 0) is 19.4 Å². The van der Waals surface area contributed by atoms with Gasteiger partial charge in [0.15, 0.2) is 9.84 Å².